The number of nitrogens with two attached hydrogens (primary N) is 6. The molecule has 18 aromatic heterocycles. The van der Waals surface area contributed by atoms with Crippen LogP contribution in [0.4, 0.5) is 0 Å². The van der Waals surface area contributed by atoms with E-state index in [1.54, 1.807) is 80.2 Å². The van der Waals surface area contributed by atoms with E-state index in [1.165, 1.54) is 12.8 Å². The van der Waals surface area contributed by atoms with Crippen LogP contribution in [-0.4, -0.2) is 163 Å². The molecule has 0 saturated heterocycles. The molecule has 0 bridgehead atoms. The molecule has 0 aliphatic carbocycles. The molecule has 24 aromatic rings. The lowest BCUT2D eigenvalue weighted by Gasteiger charge is -2.12. The molecule has 738 valence electrons. The molecule has 6 aromatic carbocycles. The Bertz CT molecular complexity index is 8250. The Hall–Kier alpha value is -16.3. The molecule has 0 aliphatic rings. The van der Waals surface area contributed by atoms with Crippen molar-refractivity contribution in [1.29, 1.82) is 0 Å². The van der Waals surface area contributed by atoms with Crippen LogP contribution in [0.15, 0.2) is 219 Å². The summed E-state index contributed by atoms with van der Waals surface area (Å²) in [5.41, 5.74) is 60.2. The number of rotatable bonds is 24. The fraction of sp³-hybridized carbons (Fsp3) is 0.243. The Labute approximate surface area is 835 Å². The van der Waals surface area contributed by atoms with Crippen LogP contribution in [0.5, 0.6) is 0 Å². The van der Waals surface area contributed by atoms with Crippen LogP contribution >= 0.6 is 34.0 Å². The number of fused-ring (bicyclic) bond motifs is 18. The van der Waals surface area contributed by atoms with Gasteiger partial charge in [0, 0.05) is 170 Å². The zero-order chi connectivity index (χ0) is 101. The maximum atomic E-state index is 12.9. The van der Waals surface area contributed by atoms with Gasteiger partial charge in [-0.25, -0.2) is 19.9 Å². The van der Waals surface area contributed by atoms with Gasteiger partial charge in [-0.2, -0.15) is 35.7 Å². The van der Waals surface area contributed by atoms with Gasteiger partial charge in [0.2, 0.25) is 0 Å². The number of thiazole rings is 3. The van der Waals surface area contributed by atoms with E-state index in [4.69, 9.17) is 43.2 Å². The van der Waals surface area contributed by atoms with Gasteiger partial charge in [0.15, 0.2) is 18.5 Å². The largest absolute Gasteiger partial charge is 0.451 e. The van der Waals surface area contributed by atoms with E-state index < -0.39 is 0 Å². The lowest BCUT2D eigenvalue weighted by Crippen LogP contribution is -2.22. The number of oxazole rings is 2. The normalized spacial score (nSPS) is 11.6. The molecule has 0 unspecified atom stereocenters. The predicted molar refractivity (Wildman–Crippen MR) is 574 cm³/mol. The van der Waals surface area contributed by atoms with Gasteiger partial charge < -0.3 is 70.6 Å². The van der Waals surface area contributed by atoms with Crippen molar-refractivity contribution in [2.24, 2.45) is 41.4 Å². The molecule has 0 atom stereocenters. The molecule has 24 rings (SSSR count). The molecule has 0 fully saturated rings. The number of pyridine rings is 6. The quantitative estimate of drug-likeness (QED) is 0.0267. The Balaban J connectivity index is 0.000000110. The molecule has 18 heterocycles. The van der Waals surface area contributed by atoms with E-state index in [1.807, 2.05) is 178 Å². The van der Waals surface area contributed by atoms with Gasteiger partial charge in [0.05, 0.1) is 99.4 Å². The van der Waals surface area contributed by atoms with Crippen molar-refractivity contribution in [3.05, 3.63) is 277 Å². The van der Waals surface area contributed by atoms with E-state index in [0.29, 0.717) is 139 Å². The average Bonchev–Trinajstić information content (AvgIpc) is 1.68. The zero-order valence-corrected chi connectivity index (χ0v) is 82.9. The van der Waals surface area contributed by atoms with Crippen molar-refractivity contribution in [3.63, 3.8) is 0 Å². The summed E-state index contributed by atoms with van der Waals surface area (Å²) in [5.74, 6) is 0.678. The number of nitrogens with one attached hydrogen (secondary N) is 6. The second-order valence-electron chi connectivity index (χ2n) is 35.1. The van der Waals surface area contributed by atoms with Crippen LogP contribution in [0.25, 0.3) is 197 Å². The maximum Gasteiger partial charge on any atom is 0.262 e. The van der Waals surface area contributed by atoms with Gasteiger partial charge in [-0.1, -0.05) is 24.3 Å². The highest BCUT2D eigenvalue weighted by Gasteiger charge is 2.25. The molecule has 0 amide bonds. The lowest BCUT2D eigenvalue weighted by atomic mass is 10.0. The highest BCUT2D eigenvalue weighted by Crippen LogP contribution is 2.38. The second-order valence-corrected chi connectivity index (χ2v) is 37.6. The minimum absolute atomic E-state index is 0.0114. The van der Waals surface area contributed by atoms with Crippen LogP contribution in [0.2, 0.25) is 0 Å². The standard InChI is InChI=1S/C18H20N6O.2C17H17N5O2.3C17H17N5OS/c1-11-16-17(22-21-11)14-8-12(13-9-20-23(2)10-13)4-5-15(14)24(18(16)25)7-3-6-19;1-10-15-16(21-20-10)12-7-11(13-8-24-9-19-13)3-4-14(12)22(17(15)23)6-2-5-18;1-10-15-16(21-20-10)12-7-11(14-8-19-9-24-14)3-4-13(12)22(17(15)23)6-2-5-18;1-10-14-15(21-20-10)12-9-11(16-19-6-8-24-16)3-4-13(12)22(17(14)23)7-2-5-18;1-10-15-16(21-20-10)12-7-11(13-8-24-9-19-13)3-4-14(12)22(17(15)23)6-2-5-18;1-10-15-16(21-20-10)12-7-11(14-8-19-9-24-14)3-4-13(12)22(17(15)23)6-2-5-18/h4-5,8-10H,3,6-7,19H2,1-2H3,(H,21,22);2*3-4,7-9H,2,5-6,18H2,1H3,(H,20,21);3-4,6,8-9H,2,5,7,18H2,1H3,(H,20,21);2*3-4,7-9H,2,5-6,18H2,1H3,(H,20,21). The summed E-state index contributed by atoms with van der Waals surface area (Å²) >= 11 is 4.75. The van der Waals surface area contributed by atoms with E-state index in [2.05, 4.69) is 115 Å². The van der Waals surface area contributed by atoms with Crippen LogP contribution in [0.1, 0.15) is 72.7 Å². The fourth-order valence-electron chi connectivity index (χ4n) is 18.7. The van der Waals surface area contributed by atoms with E-state index in [0.717, 1.165) is 209 Å². The van der Waals surface area contributed by atoms with E-state index in [9.17, 15) is 28.8 Å². The number of aryl methyl sites for hydroxylation is 13. The molecule has 0 saturated carbocycles. The van der Waals surface area contributed by atoms with Crippen molar-refractivity contribution in [3.8, 4) is 66.0 Å². The van der Waals surface area contributed by atoms with Gasteiger partial charge >= 0.3 is 0 Å². The third-order valence-corrected chi connectivity index (χ3v) is 28.0. The summed E-state index contributed by atoms with van der Waals surface area (Å²) in [6.07, 6.45) is 18.0. The van der Waals surface area contributed by atoms with Gasteiger partial charge in [0.25, 0.3) is 33.4 Å². The zero-order valence-electron chi connectivity index (χ0n) is 80.5. The highest BCUT2D eigenvalue weighted by atomic mass is 32.1. The number of hydrogen-bond acceptors (Lipinski definition) is 29. The third-order valence-electron chi connectivity index (χ3n) is 25.8. The molecule has 39 nitrogen and oxygen atoms in total. The summed E-state index contributed by atoms with van der Waals surface area (Å²) < 4.78 is 23.0. The first-order chi connectivity index (χ1) is 70.6. The van der Waals surface area contributed by atoms with Crippen molar-refractivity contribution < 1.29 is 8.83 Å². The SMILES string of the molecule is Cc1[nH]nc2c1c(=O)n(CCCN)c1ccc(-c3cnco3)cc21.Cc1[nH]nc2c1c(=O)n(CCCN)c1ccc(-c3cncs3)cc21.Cc1[nH]nc2c1c(=O)n(CCCN)c1ccc(-c3cnn(C)c3)cc21.Cc1[nH]nc2c1c(=O)n(CCCN)c1ccc(-c3cocn3)cc21.Cc1[nH]nc2c1c(=O)n(CCCN)c1ccc(-c3cscn3)cc21.Cc1[nH]nc2c1c(=O)n(CCCN)c1ccc(-c3nccs3)cc21. The summed E-state index contributed by atoms with van der Waals surface area (Å²) in [7, 11) is 1.89. The molecule has 18 N–H and O–H groups in total. The van der Waals surface area contributed by atoms with Gasteiger partial charge in [-0.3, -0.25) is 69.0 Å². The smallest absolute Gasteiger partial charge is 0.262 e. The van der Waals surface area contributed by atoms with Gasteiger partial charge in [0.1, 0.15) is 50.1 Å². The number of benzene rings is 6. The Morgan fingerprint density at radius 2 is 0.690 bits per heavy atom. The van der Waals surface area contributed by atoms with Gasteiger partial charge in [-0.05, 0) is 215 Å². The number of H-pyrrole nitrogens is 6. The summed E-state index contributed by atoms with van der Waals surface area (Å²) in [5, 5.41) is 62.5. The van der Waals surface area contributed by atoms with Crippen LogP contribution in [0, 0.1) is 41.5 Å². The molecular weight excluding hydrogens is 1900 g/mol. The molecular formula is C103H105N31O8S3. The fourth-order valence-corrected chi connectivity index (χ4v) is 20.5. The van der Waals surface area contributed by atoms with Crippen LogP contribution < -0.4 is 67.8 Å². The first kappa shape index (κ1) is 97.5. The Kier molecular flexibility index (Phi) is 28.5. The van der Waals surface area contributed by atoms with Crippen LogP contribution in [-0.2, 0) is 46.3 Å². The first-order valence-electron chi connectivity index (χ1n) is 47.3. The Morgan fingerprint density at radius 1 is 0.345 bits per heavy atom. The minimum atomic E-state index is -0.0374. The maximum absolute atomic E-state index is 12.9. The highest BCUT2D eigenvalue weighted by molar-refractivity contribution is 7.13. The predicted octanol–water partition coefficient (Wildman–Crippen LogP) is 14.3. The molecule has 42 heteroatoms. The van der Waals surface area contributed by atoms with E-state index >= 15 is 0 Å². The van der Waals surface area contributed by atoms with Gasteiger partial charge in [-0.15, -0.1) is 34.0 Å². The lowest BCUT2D eigenvalue weighted by molar-refractivity contribution is 0.558. The monoisotopic (exact) mass is 2000 g/mol. The number of aromatic amines is 6. The Morgan fingerprint density at radius 3 is 1.01 bits per heavy atom. The van der Waals surface area contributed by atoms with E-state index in [-0.39, 0.29) is 33.4 Å². The molecule has 0 spiro atoms. The topological polar surface area (TPSA) is 569 Å². The number of aromatic nitrogens is 25. The molecule has 0 radical (unpaired) electrons. The first-order valence-corrected chi connectivity index (χ1v) is 50.0. The average molecular weight is 2000 g/mol. The third kappa shape index (κ3) is 18.8. The minimum Gasteiger partial charge on any atom is -0.451 e. The summed E-state index contributed by atoms with van der Waals surface area (Å²) in [6.45, 7) is 18.0. The second kappa shape index (κ2) is 42.5. The van der Waals surface area contributed by atoms with Crippen molar-refractivity contribution in [2.45, 2.75) is 119 Å². The molecule has 145 heavy (non-hydrogen) atoms. The van der Waals surface area contributed by atoms with Crippen LogP contribution in [0.3, 0.4) is 0 Å². The summed E-state index contributed by atoms with van der Waals surface area (Å²) in [4.78, 5) is 99.5. The number of nitrogens with zero attached hydrogens (tertiary/aromatic N) is 19. The number of hydrogen-bond donors (Lipinski definition) is 12. The van der Waals surface area contributed by atoms with Crippen molar-refractivity contribution in [1.82, 2.24) is 123 Å². The summed E-state index contributed by atoms with van der Waals surface area (Å²) in [6, 6.07) is 36.0. The molecule has 0 aliphatic heterocycles. The van der Waals surface area contributed by atoms with Crippen molar-refractivity contribution >= 4 is 165 Å². The van der Waals surface area contributed by atoms with Crippen molar-refractivity contribution in [2.75, 3.05) is 39.3 Å².